The van der Waals surface area contributed by atoms with E-state index < -0.39 is 0 Å². The van der Waals surface area contributed by atoms with Gasteiger partial charge in [-0.25, -0.2) is 0 Å². The van der Waals surface area contributed by atoms with Gasteiger partial charge in [0.1, 0.15) is 0 Å². The Morgan fingerprint density at radius 2 is 1.77 bits per heavy atom. The van der Waals surface area contributed by atoms with Crippen molar-refractivity contribution < 1.29 is 19.7 Å². The molecule has 0 aliphatic carbocycles. The average Bonchev–Trinajstić information content (AvgIpc) is 2.06. The lowest BCUT2D eigenvalue weighted by molar-refractivity contribution is -0.135. The Labute approximate surface area is 83.1 Å². The quantitative estimate of drug-likeness (QED) is 0.528. The van der Waals surface area contributed by atoms with Crippen LogP contribution in [-0.2, 0) is 9.53 Å². The van der Waals surface area contributed by atoms with E-state index in [2.05, 4.69) is 17.9 Å². The van der Waals surface area contributed by atoms with Crippen LogP contribution in [0.4, 0.5) is 0 Å². The number of hydrogen-bond acceptors (Lipinski definition) is 4. The number of aliphatic hydroxyl groups excluding tert-OH is 2. The first-order chi connectivity index (χ1) is 6.10. The Kier molecular flexibility index (Phi) is 31.2. The van der Waals surface area contributed by atoms with E-state index in [1.807, 2.05) is 0 Å². The van der Waals surface area contributed by atoms with Crippen molar-refractivity contribution in [3.05, 3.63) is 25.0 Å². The van der Waals surface area contributed by atoms with E-state index in [0.29, 0.717) is 0 Å². The summed E-state index contributed by atoms with van der Waals surface area (Å²) in [7, 11) is 0. The zero-order chi connectivity index (χ0) is 11.1. The molecule has 0 rings (SSSR count). The highest BCUT2D eigenvalue weighted by Crippen LogP contribution is 1.70. The Balaban J connectivity index is -0.000000125. The monoisotopic (exact) mass is 210 g/mol. The van der Waals surface area contributed by atoms with Gasteiger partial charge in [-0.05, 0) is 5.54 Å². The molecule has 0 bridgehead atoms. The van der Waals surface area contributed by atoms with Crippen LogP contribution in [0.1, 0.15) is 6.92 Å². The molecule has 4 nitrogen and oxygen atoms in total. The fourth-order valence-electron chi connectivity index (χ4n) is 0.117. The smallest absolute Gasteiger partial charge is 0.307 e. The normalized spacial score (nSPS) is 6.46. The molecule has 0 saturated heterocycles. The second-order valence-electron chi connectivity index (χ2n) is 1.38. The molecule has 0 amide bonds. The predicted octanol–water partition coefficient (Wildman–Crippen LogP) is 1.03. The number of rotatable bonds is 2. The molecule has 0 aromatic carbocycles. The highest BCUT2D eigenvalue weighted by Gasteiger charge is 1.79. The predicted molar refractivity (Wildman–Crippen MR) is 52.2 cm³/mol. The molecule has 0 aromatic rings. The van der Waals surface area contributed by atoms with Gasteiger partial charge in [-0.3, -0.25) is 4.79 Å². The third-order valence-electron chi connectivity index (χ3n) is 0.349. The van der Waals surface area contributed by atoms with Crippen LogP contribution in [0.15, 0.2) is 25.0 Å². The van der Waals surface area contributed by atoms with Crippen LogP contribution >= 0.6 is 11.6 Å². The third-order valence-corrected chi connectivity index (χ3v) is 0.349. The summed E-state index contributed by atoms with van der Waals surface area (Å²) in [6, 6.07) is 0. The minimum absolute atomic E-state index is 0.125. The first-order valence-electron chi connectivity index (χ1n) is 3.31. The summed E-state index contributed by atoms with van der Waals surface area (Å²) in [6.45, 7) is 7.36. The van der Waals surface area contributed by atoms with Gasteiger partial charge in [-0.15, -0.1) is 0 Å². The molecule has 0 aromatic heterocycles. The van der Waals surface area contributed by atoms with Gasteiger partial charge < -0.3 is 14.9 Å². The molecule has 13 heavy (non-hydrogen) atoms. The molecular formula is C8H15ClO4. The molecule has 0 aliphatic rings. The summed E-state index contributed by atoms with van der Waals surface area (Å²) in [6.07, 6.45) is 1.10. The molecule has 0 fully saturated rings. The van der Waals surface area contributed by atoms with E-state index in [9.17, 15) is 4.79 Å². The van der Waals surface area contributed by atoms with Crippen molar-refractivity contribution in [1.29, 1.82) is 0 Å². The Morgan fingerprint density at radius 1 is 1.46 bits per heavy atom. The molecule has 78 valence electrons. The van der Waals surface area contributed by atoms with E-state index in [1.54, 1.807) is 0 Å². The molecule has 0 atom stereocenters. The molecule has 2 N–H and O–H groups in total. The maximum Gasteiger partial charge on any atom is 0.307 e. The SMILES string of the molecule is C=CCl.C=COC(C)=O.OCCO. The number of halogens is 1. The second-order valence-corrected chi connectivity index (χ2v) is 1.69. The molecule has 0 aliphatic heterocycles. The van der Waals surface area contributed by atoms with Crippen LogP contribution < -0.4 is 0 Å². The number of carbonyl (C=O) groups is 1. The zero-order valence-electron chi connectivity index (χ0n) is 7.57. The van der Waals surface area contributed by atoms with E-state index in [0.717, 1.165) is 6.26 Å². The summed E-state index contributed by atoms with van der Waals surface area (Å²) < 4.78 is 4.17. The van der Waals surface area contributed by atoms with Crippen LogP contribution in [0.3, 0.4) is 0 Å². The molecule has 5 heteroatoms. The molecule has 0 heterocycles. The third kappa shape index (κ3) is 93.8. The fraction of sp³-hybridized carbons (Fsp3) is 0.375. The minimum atomic E-state index is -0.329. The summed E-state index contributed by atoms with van der Waals surface area (Å²) >= 11 is 4.76. The van der Waals surface area contributed by atoms with Gasteiger partial charge in [0.2, 0.25) is 0 Å². The van der Waals surface area contributed by atoms with E-state index in [-0.39, 0.29) is 19.2 Å². The van der Waals surface area contributed by atoms with Gasteiger partial charge in [0.05, 0.1) is 19.5 Å². The van der Waals surface area contributed by atoms with Gasteiger partial charge in [-0.2, -0.15) is 0 Å². The maximum absolute atomic E-state index is 9.75. The lowest BCUT2D eigenvalue weighted by Crippen LogP contribution is -1.87. The van der Waals surface area contributed by atoms with Crippen LogP contribution in [0.2, 0.25) is 0 Å². The van der Waals surface area contributed by atoms with Crippen molar-refractivity contribution in [3.63, 3.8) is 0 Å². The number of hydrogen-bond donors (Lipinski definition) is 2. The van der Waals surface area contributed by atoms with Gasteiger partial charge >= 0.3 is 5.97 Å². The van der Waals surface area contributed by atoms with Crippen LogP contribution in [0, 0.1) is 0 Å². The number of ether oxygens (including phenoxy) is 1. The number of carbonyl (C=O) groups excluding carboxylic acids is 1. The maximum atomic E-state index is 9.75. The van der Waals surface area contributed by atoms with Crippen LogP contribution in [0.25, 0.3) is 0 Å². The van der Waals surface area contributed by atoms with Crippen molar-refractivity contribution in [2.24, 2.45) is 0 Å². The van der Waals surface area contributed by atoms with Crippen molar-refractivity contribution in [3.8, 4) is 0 Å². The van der Waals surface area contributed by atoms with Gasteiger partial charge in [-0.1, -0.05) is 24.8 Å². The van der Waals surface area contributed by atoms with Gasteiger partial charge in [0.25, 0.3) is 0 Å². The summed E-state index contributed by atoms with van der Waals surface area (Å²) in [4.78, 5) is 9.75. The number of esters is 1. The fourth-order valence-corrected chi connectivity index (χ4v) is 0.117. The average molecular weight is 211 g/mol. The highest BCUT2D eigenvalue weighted by molar-refractivity contribution is 6.25. The summed E-state index contributed by atoms with van der Waals surface area (Å²) in [5.74, 6) is -0.329. The zero-order valence-corrected chi connectivity index (χ0v) is 8.33. The molecule has 0 saturated carbocycles. The van der Waals surface area contributed by atoms with Gasteiger partial charge in [0.15, 0.2) is 0 Å². The minimum Gasteiger partial charge on any atom is -0.435 e. The summed E-state index contributed by atoms with van der Waals surface area (Å²) in [5.41, 5.74) is 1.22. The topological polar surface area (TPSA) is 66.8 Å². The molecule has 0 spiro atoms. The standard InChI is InChI=1S/C4H6O2.C2H3Cl.C2H6O2/c1-3-6-4(2)5;1-2-3;3-1-2-4/h3H,1H2,2H3;2H,1H2;3-4H,1-2H2. The van der Waals surface area contributed by atoms with E-state index >= 15 is 0 Å². The Morgan fingerprint density at radius 3 is 1.77 bits per heavy atom. The Hall–Kier alpha value is -0.840. The Bertz CT molecular complexity index is 123. The largest absolute Gasteiger partial charge is 0.435 e. The van der Waals surface area contributed by atoms with E-state index in [4.69, 9.17) is 21.8 Å². The molecule has 0 radical (unpaired) electrons. The molecule has 0 unspecified atom stereocenters. The van der Waals surface area contributed by atoms with Crippen LogP contribution in [-0.4, -0.2) is 29.4 Å². The van der Waals surface area contributed by atoms with Crippen molar-refractivity contribution in [1.82, 2.24) is 0 Å². The van der Waals surface area contributed by atoms with Crippen LogP contribution in [0.5, 0.6) is 0 Å². The van der Waals surface area contributed by atoms with Crippen molar-refractivity contribution in [2.75, 3.05) is 13.2 Å². The highest BCUT2D eigenvalue weighted by atomic mass is 35.5. The first-order valence-corrected chi connectivity index (χ1v) is 3.75. The van der Waals surface area contributed by atoms with Gasteiger partial charge in [0, 0.05) is 6.92 Å². The summed E-state index contributed by atoms with van der Waals surface area (Å²) in [5, 5.41) is 15.2. The lowest BCUT2D eigenvalue weighted by Gasteiger charge is -1.83. The van der Waals surface area contributed by atoms with Crippen molar-refractivity contribution in [2.45, 2.75) is 6.92 Å². The first kappa shape index (κ1) is 18.0. The van der Waals surface area contributed by atoms with E-state index in [1.165, 1.54) is 12.5 Å². The molecular weight excluding hydrogens is 196 g/mol. The number of aliphatic hydroxyl groups is 2. The second kappa shape index (κ2) is 22.5. The van der Waals surface area contributed by atoms with Crippen molar-refractivity contribution >= 4 is 17.6 Å². The lowest BCUT2D eigenvalue weighted by atomic mass is 10.8.